The summed E-state index contributed by atoms with van der Waals surface area (Å²) in [4.78, 5) is 11.2. The van der Waals surface area contributed by atoms with E-state index >= 15 is 0 Å². The zero-order valence-electron chi connectivity index (χ0n) is 7.54. The maximum atomic E-state index is 11.2. The van der Waals surface area contributed by atoms with Crippen molar-refractivity contribution in [3.05, 3.63) is 18.0 Å². The molecular weight excluding hydrogens is 170 g/mol. The van der Waals surface area contributed by atoms with Gasteiger partial charge in [0.25, 0.3) is 0 Å². The molecule has 0 bridgehead atoms. The van der Waals surface area contributed by atoms with E-state index in [-0.39, 0.29) is 5.91 Å². The van der Waals surface area contributed by atoms with Gasteiger partial charge >= 0.3 is 0 Å². The molecule has 0 saturated carbocycles. The Kier molecular flexibility index (Phi) is 3.98. The van der Waals surface area contributed by atoms with Gasteiger partial charge in [-0.15, -0.1) is 0 Å². The molecule has 0 fully saturated rings. The van der Waals surface area contributed by atoms with Crippen molar-refractivity contribution < 1.29 is 9.53 Å². The maximum absolute atomic E-state index is 11.2. The van der Waals surface area contributed by atoms with E-state index in [0.29, 0.717) is 19.6 Å². The van der Waals surface area contributed by atoms with Gasteiger partial charge in [-0.05, 0) is 6.07 Å². The van der Waals surface area contributed by atoms with Crippen LogP contribution < -0.4 is 5.32 Å². The fraction of sp³-hybridized carbons (Fsp3) is 0.500. The SMILES string of the molecule is COCCNC(=O)Cc1ccn[nH]1. The second-order valence-corrected chi connectivity index (χ2v) is 2.60. The topological polar surface area (TPSA) is 67.0 Å². The Bertz CT molecular complexity index is 246. The molecule has 1 amide bonds. The van der Waals surface area contributed by atoms with Gasteiger partial charge in [0.1, 0.15) is 0 Å². The Morgan fingerprint density at radius 2 is 2.62 bits per heavy atom. The Morgan fingerprint density at radius 3 is 3.23 bits per heavy atom. The molecule has 0 aromatic carbocycles. The van der Waals surface area contributed by atoms with Crippen LogP contribution in [0.3, 0.4) is 0 Å². The molecule has 0 atom stereocenters. The zero-order chi connectivity index (χ0) is 9.52. The Morgan fingerprint density at radius 1 is 1.77 bits per heavy atom. The largest absolute Gasteiger partial charge is 0.383 e. The van der Waals surface area contributed by atoms with Gasteiger partial charge in [-0.1, -0.05) is 0 Å². The van der Waals surface area contributed by atoms with Crippen molar-refractivity contribution in [3.8, 4) is 0 Å². The minimum Gasteiger partial charge on any atom is -0.383 e. The van der Waals surface area contributed by atoms with Crippen molar-refractivity contribution in [3.63, 3.8) is 0 Å². The first-order chi connectivity index (χ1) is 6.33. The molecule has 13 heavy (non-hydrogen) atoms. The molecule has 0 aliphatic carbocycles. The molecule has 0 aliphatic rings. The molecule has 1 rings (SSSR count). The lowest BCUT2D eigenvalue weighted by atomic mass is 10.3. The van der Waals surface area contributed by atoms with Crippen molar-refractivity contribution in [2.24, 2.45) is 0 Å². The number of amides is 1. The number of rotatable bonds is 5. The van der Waals surface area contributed by atoms with Gasteiger partial charge in [0.2, 0.25) is 5.91 Å². The highest BCUT2D eigenvalue weighted by Gasteiger charge is 2.02. The molecular formula is C8H13N3O2. The van der Waals surface area contributed by atoms with Crippen LogP contribution in [0.4, 0.5) is 0 Å². The number of methoxy groups -OCH3 is 1. The number of nitrogens with zero attached hydrogens (tertiary/aromatic N) is 1. The average Bonchev–Trinajstić information content (AvgIpc) is 2.57. The van der Waals surface area contributed by atoms with Crippen molar-refractivity contribution in [1.29, 1.82) is 0 Å². The summed E-state index contributed by atoms with van der Waals surface area (Å²) in [5, 5.41) is 9.17. The molecule has 72 valence electrons. The quantitative estimate of drug-likeness (QED) is 0.617. The molecule has 0 saturated heterocycles. The van der Waals surface area contributed by atoms with Gasteiger partial charge in [0.15, 0.2) is 0 Å². The van der Waals surface area contributed by atoms with E-state index < -0.39 is 0 Å². The van der Waals surface area contributed by atoms with Crippen LogP contribution in [-0.4, -0.2) is 36.4 Å². The van der Waals surface area contributed by atoms with Gasteiger partial charge in [0, 0.05) is 25.5 Å². The second kappa shape index (κ2) is 5.31. The minimum absolute atomic E-state index is 0.0266. The van der Waals surface area contributed by atoms with Gasteiger partial charge in [-0.2, -0.15) is 5.10 Å². The summed E-state index contributed by atoms with van der Waals surface area (Å²) >= 11 is 0. The van der Waals surface area contributed by atoms with Crippen LogP contribution in [0.15, 0.2) is 12.3 Å². The van der Waals surface area contributed by atoms with Gasteiger partial charge in [-0.25, -0.2) is 0 Å². The normalized spacial score (nSPS) is 9.92. The summed E-state index contributed by atoms with van der Waals surface area (Å²) in [5.41, 5.74) is 0.815. The van der Waals surface area contributed by atoms with Crippen LogP contribution in [0.2, 0.25) is 0 Å². The molecule has 0 unspecified atom stereocenters. The van der Waals surface area contributed by atoms with Gasteiger partial charge in [-0.3, -0.25) is 9.89 Å². The summed E-state index contributed by atoms with van der Waals surface area (Å²) in [6.45, 7) is 1.08. The number of hydrogen-bond acceptors (Lipinski definition) is 3. The lowest BCUT2D eigenvalue weighted by Gasteiger charge is -2.02. The fourth-order valence-electron chi connectivity index (χ4n) is 0.911. The van der Waals surface area contributed by atoms with Gasteiger partial charge in [0.05, 0.1) is 13.0 Å². The van der Waals surface area contributed by atoms with Crippen molar-refractivity contribution in [2.45, 2.75) is 6.42 Å². The number of H-pyrrole nitrogens is 1. The second-order valence-electron chi connectivity index (χ2n) is 2.60. The van der Waals surface area contributed by atoms with Crippen LogP contribution in [-0.2, 0) is 16.0 Å². The first-order valence-electron chi connectivity index (χ1n) is 4.07. The Balaban J connectivity index is 2.18. The summed E-state index contributed by atoms with van der Waals surface area (Å²) < 4.78 is 4.79. The van der Waals surface area contributed by atoms with Crippen molar-refractivity contribution >= 4 is 5.91 Å². The van der Waals surface area contributed by atoms with Crippen LogP contribution in [0.5, 0.6) is 0 Å². The maximum Gasteiger partial charge on any atom is 0.226 e. The third kappa shape index (κ3) is 3.71. The number of carbonyl (C=O) groups excluding carboxylic acids is 1. The van der Waals surface area contributed by atoms with Crippen molar-refractivity contribution in [2.75, 3.05) is 20.3 Å². The standard InChI is InChI=1S/C8H13N3O2/c1-13-5-4-9-8(12)6-7-2-3-10-11-7/h2-3H,4-6H2,1H3,(H,9,12)(H,10,11). The Hall–Kier alpha value is -1.36. The minimum atomic E-state index is -0.0266. The third-order valence-corrected chi connectivity index (χ3v) is 1.54. The molecule has 2 N–H and O–H groups in total. The fourth-order valence-corrected chi connectivity index (χ4v) is 0.911. The number of ether oxygens (including phenoxy) is 1. The lowest BCUT2D eigenvalue weighted by molar-refractivity contribution is -0.120. The van der Waals surface area contributed by atoms with Crippen LogP contribution in [0.25, 0.3) is 0 Å². The molecule has 0 radical (unpaired) electrons. The predicted molar refractivity (Wildman–Crippen MR) is 47.2 cm³/mol. The summed E-state index contributed by atoms with van der Waals surface area (Å²) in [7, 11) is 1.60. The zero-order valence-corrected chi connectivity index (χ0v) is 7.54. The molecule has 5 heteroatoms. The summed E-state index contributed by atoms with van der Waals surface area (Å²) in [5.74, 6) is -0.0266. The summed E-state index contributed by atoms with van der Waals surface area (Å²) in [6.07, 6.45) is 1.96. The van der Waals surface area contributed by atoms with E-state index in [1.54, 1.807) is 19.4 Å². The van der Waals surface area contributed by atoms with E-state index in [1.165, 1.54) is 0 Å². The number of aromatic nitrogens is 2. The van der Waals surface area contributed by atoms with Crippen molar-refractivity contribution in [1.82, 2.24) is 15.5 Å². The smallest absolute Gasteiger partial charge is 0.226 e. The van der Waals surface area contributed by atoms with Crippen LogP contribution in [0, 0.1) is 0 Å². The highest BCUT2D eigenvalue weighted by molar-refractivity contribution is 5.77. The van der Waals surface area contributed by atoms with E-state index in [2.05, 4.69) is 15.5 Å². The number of hydrogen-bond donors (Lipinski definition) is 2. The molecule has 1 aromatic heterocycles. The van der Waals surface area contributed by atoms with Crippen LogP contribution >= 0.6 is 0 Å². The molecule has 1 aromatic rings. The van der Waals surface area contributed by atoms with Crippen LogP contribution in [0.1, 0.15) is 5.69 Å². The molecule has 5 nitrogen and oxygen atoms in total. The first-order valence-corrected chi connectivity index (χ1v) is 4.07. The van der Waals surface area contributed by atoms with E-state index in [4.69, 9.17) is 4.74 Å². The number of aromatic amines is 1. The average molecular weight is 183 g/mol. The Labute approximate surface area is 76.5 Å². The van der Waals surface area contributed by atoms with Gasteiger partial charge < -0.3 is 10.1 Å². The number of carbonyl (C=O) groups is 1. The van der Waals surface area contributed by atoms with E-state index in [1.807, 2.05) is 0 Å². The highest BCUT2D eigenvalue weighted by atomic mass is 16.5. The molecule has 1 heterocycles. The summed E-state index contributed by atoms with van der Waals surface area (Å²) in [6, 6.07) is 1.77. The van der Waals surface area contributed by atoms with E-state index in [0.717, 1.165) is 5.69 Å². The number of nitrogens with one attached hydrogen (secondary N) is 2. The predicted octanol–water partition coefficient (Wildman–Crippen LogP) is -0.285. The lowest BCUT2D eigenvalue weighted by Crippen LogP contribution is -2.28. The third-order valence-electron chi connectivity index (χ3n) is 1.54. The molecule has 0 spiro atoms. The molecule has 0 aliphatic heterocycles. The van der Waals surface area contributed by atoms with E-state index in [9.17, 15) is 4.79 Å². The highest BCUT2D eigenvalue weighted by Crippen LogP contribution is 1.91. The monoisotopic (exact) mass is 183 g/mol. The first kappa shape index (κ1) is 9.73.